The van der Waals surface area contributed by atoms with E-state index in [1.54, 1.807) is 0 Å². The fourth-order valence-corrected chi connectivity index (χ4v) is 2.66. The zero-order chi connectivity index (χ0) is 17.0. The van der Waals surface area contributed by atoms with Crippen LogP contribution in [0.3, 0.4) is 0 Å². The maximum absolute atomic E-state index is 6.13. The average molecular weight is 304 g/mol. The third kappa shape index (κ3) is 4.92. The highest BCUT2D eigenvalue weighted by molar-refractivity contribution is 5.24. The van der Waals surface area contributed by atoms with Crippen LogP contribution in [0.15, 0.2) is 35.9 Å². The van der Waals surface area contributed by atoms with E-state index in [2.05, 4.69) is 33.8 Å². The third-order valence-corrected chi connectivity index (χ3v) is 4.68. The van der Waals surface area contributed by atoms with Crippen LogP contribution in [0, 0.1) is 5.92 Å². The summed E-state index contributed by atoms with van der Waals surface area (Å²) in [7, 11) is 0. The molecule has 0 spiro atoms. The molecule has 3 atom stereocenters. The van der Waals surface area contributed by atoms with E-state index in [1.807, 2.05) is 24.3 Å². The van der Waals surface area contributed by atoms with Crippen molar-refractivity contribution >= 4 is 0 Å². The molecule has 2 rings (SSSR count). The molecular formula is C18H32N4. The van der Waals surface area contributed by atoms with Gasteiger partial charge in [-0.2, -0.15) is 0 Å². The van der Waals surface area contributed by atoms with Gasteiger partial charge in [0.15, 0.2) is 0 Å². The number of rotatable bonds is 2. The molecule has 3 unspecified atom stereocenters. The maximum atomic E-state index is 6.13. The summed E-state index contributed by atoms with van der Waals surface area (Å²) in [6.45, 7) is 9.57. The van der Waals surface area contributed by atoms with Gasteiger partial charge in [-0.25, -0.2) is 0 Å². The summed E-state index contributed by atoms with van der Waals surface area (Å²) in [6.07, 6.45) is 3.06. The molecule has 8 N–H and O–H groups in total. The molecule has 0 saturated heterocycles. The summed E-state index contributed by atoms with van der Waals surface area (Å²) in [5.41, 5.74) is 26.3. The second-order valence-corrected chi connectivity index (χ2v) is 6.96. The van der Waals surface area contributed by atoms with Gasteiger partial charge in [0, 0.05) is 24.2 Å². The van der Waals surface area contributed by atoms with Crippen LogP contribution >= 0.6 is 0 Å². The van der Waals surface area contributed by atoms with Crippen LogP contribution in [0.1, 0.15) is 45.2 Å². The van der Waals surface area contributed by atoms with Crippen molar-refractivity contribution < 1.29 is 0 Å². The normalized spacial score (nSPS) is 31.1. The summed E-state index contributed by atoms with van der Waals surface area (Å²) in [5.74, 6) is 0.425. The molecule has 0 radical (unpaired) electrons. The van der Waals surface area contributed by atoms with E-state index in [1.165, 1.54) is 5.57 Å². The minimum Gasteiger partial charge on any atom is -0.326 e. The van der Waals surface area contributed by atoms with Crippen LogP contribution in [0.5, 0.6) is 0 Å². The smallest absolute Gasteiger partial charge is 0.0355 e. The summed E-state index contributed by atoms with van der Waals surface area (Å²) in [5, 5.41) is 0. The molecule has 0 fully saturated rings. The lowest BCUT2D eigenvalue weighted by Gasteiger charge is -2.43. The molecule has 0 aromatic heterocycles. The molecule has 1 aliphatic carbocycles. The van der Waals surface area contributed by atoms with Crippen LogP contribution in [0.25, 0.3) is 0 Å². The van der Waals surface area contributed by atoms with E-state index in [9.17, 15) is 0 Å². The fourth-order valence-electron chi connectivity index (χ4n) is 2.66. The summed E-state index contributed by atoms with van der Waals surface area (Å²) in [4.78, 5) is 0. The lowest BCUT2D eigenvalue weighted by atomic mass is 9.69. The van der Waals surface area contributed by atoms with Crippen molar-refractivity contribution in [3.63, 3.8) is 0 Å². The molecule has 1 aromatic carbocycles. The molecule has 22 heavy (non-hydrogen) atoms. The lowest BCUT2D eigenvalue weighted by Crippen LogP contribution is -2.55. The van der Waals surface area contributed by atoms with Crippen molar-refractivity contribution in [3.8, 4) is 0 Å². The van der Waals surface area contributed by atoms with Gasteiger partial charge in [-0.05, 0) is 44.2 Å². The Morgan fingerprint density at radius 1 is 1.00 bits per heavy atom. The van der Waals surface area contributed by atoms with Gasteiger partial charge in [0.2, 0.25) is 0 Å². The zero-order valence-electron chi connectivity index (χ0n) is 14.4. The second-order valence-electron chi connectivity index (χ2n) is 6.96. The van der Waals surface area contributed by atoms with Crippen molar-refractivity contribution in [2.75, 3.05) is 0 Å². The van der Waals surface area contributed by atoms with Crippen LogP contribution in [-0.2, 0) is 13.1 Å². The Morgan fingerprint density at radius 2 is 1.41 bits per heavy atom. The van der Waals surface area contributed by atoms with E-state index in [0.717, 1.165) is 17.5 Å². The standard InChI is InChI=1S/C10H20N2.C8H12N2/c1-7-5-8(2)10(4,12)6-9(7,3)11;9-5-7-1-2-8(6-10)4-3-7/h5,7H,6,11-12H2,1-4H3;1-4H,5-6,9-10H2. The van der Waals surface area contributed by atoms with Crippen LogP contribution < -0.4 is 22.9 Å². The molecule has 0 aliphatic heterocycles. The fraction of sp³-hybridized carbons (Fsp3) is 0.556. The number of benzene rings is 1. The van der Waals surface area contributed by atoms with Crippen LogP contribution in [0.2, 0.25) is 0 Å². The highest BCUT2D eigenvalue weighted by Gasteiger charge is 2.38. The first kappa shape index (κ1) is 18.8. The first-order valence-corrected chi connectivity index (χ1v) is 7.87. The molecule has 0 saturated carbocycles. The molecule has 0 heterocycles. The summed E-state index contributed by atoms with van der Waals surface area (Å²) in [6, 6.07) is 8.01. The predicted octanol–water partition coefficient (Wildman–Crippen LogP) is 2.01. The Morgan fingerprint density at radius 3 is 1.73 bits per heavy atom. The highest BCUT2D eigenvalue weighted by atomic mass is 14.8. The Hall–Kier alpha value is -1.20. The molecule has 4 nitrogen and oxygen atoms in total. The summed E-state index contributed by atoms with van der Waals surface area (Å²) >= 11 is 0. The summed E-state index contributed by atoms with van der Waals surface area (Å²) < 4.78 is 0. The SMILES string of the molecule is CC1=CC(C)C(C)(N)CC1(C)N.NCc1ccc(CN)cc1. The topological polar surface area (TPSA) is 104 Å². The Labute approximate surface area is 134 Å². The van der Waals surface area contributed by atoms with Gasteiger partial charge in [0.05, 0.1) is 0 Å². The van der Waals surface area contributed by atoms with Crippen molar-refractivity contribution in [2.45, 2.75) is 58.3 Å². The molecule has 1 aliphatic rings. The molecular weight excluding hydrogens is 272 g/mol. The minimum atomic E-state index is -0.212. The third-order valence-electron chi connectivity index (χ3n) is 4.68. The van der Waals surface area contributed by atoms with Gasteiger partial charge in [-0.3, -0.25) is 0 Å². The van der Waals surface area contributed by atoms with E-state index < -0.39 is 0 Å². The van der Waals surface area contributed by atoms with E-state index in [0.29, 0.717) is 19.0 Å². The van der Waals surface area contributed by atoms with Gasteiger partial charge in [-0.15, -0.1) is 0 Å². The number of nitrogens with two attached hydrogens (primary N) is 4. The molecule has 0 amide bonds. The largest absolute Gasteiger partial charge is 0.326 e. The first-order chi connectivity index (χ1) is 10.1. The Balaban J connectivity index is 0.000000224. The highest BCUT2D eigenvalue weighted by Crippen LogP contribution is 2.35. The monoisotopic (exact) mass is 304 g/mol. The Kier molecular flexibility index (Phi) is 6.32. The van der Waals surface area contributed by atoms with Gasteiger partial charge < -0.3 is 22.9 Å². The molecule has 124 valence electrons. The average Bonchev–Trinajstić information content (AvgIpc) is 2.45. The van der Waals surface area contributed by atoms with E-state index >= 15 is 0 Å². The van der Waals surface area contributed by atoms with Crippen molar-refractivity contribution in [3.05, 3.63) is 47.0 Å². The molecule has 0 bridgehead atoms. The van der Waals surface area contributed by atoms with Crippen LogP contribution in [-0.4, -0.2) is 11.1 Å². The van der Waals surface area contributed by atoms with Gasteiger partial charge in [0.25, 0.3) is 0 Å². The molecule has 1 aromatic rings. The Bertz CT molecular complexity index is 477. The first-order valence-electron chi connectivity index (χ1n) is 7.87. The van der Waals surface area contributed by atoms with E-state index in [4.69, 9.17) is 22.9 Å². The van der Waals surface area contributed by atoms with Crippen molar-refractivity contribution in [1.29, 1.82) is 0 Å². The lowest BCUT2D eigenvalue weighted by molar-refractivity contribution is 0.262. The zero-order valence-corrected chi connectivity index (χ0v) is 14.4. The van der Waals surface area contributed by atoms with Gasteiger partial charge >= 0.3 is 0 Å². The quantitative estimate of drug-likeness (QED) is 0.627. The second kappa shape index (κ2) is 7.38. The van der Waals surface area contributed by atoms with Gasteiger partial charge in [-0.1, -0.05) is 42.8 Å². The minimum absolute atomic E-state index is 0.150. The predicted molar refractivity (Wildman–Crippen MR) is 94.9 cm³/mol. The van der Waals surface area contributed by atoms with Crippen molar-refractivity contribution in [2.24, 2.45) is 28.9 Å². The number of hydrogen-bond acceptors (Lipinski definition) is 4. The van der Waals surface area contributed by atoms with Crippen molar-refractivity contribution in [1.82, 2.24) is 0 Å². The van der Waals surface area contributed by atoms with Crippen LogP contribution in [0.4, 0.5) is 0 Å². The van der Waals surface area contributed by atoms with Gasteiger partial charge in [0.1, 0.15) is 0 Å². The van der Waals surface area contributed by atoms with E-state index in [-0.39, 0.29) is 11.1 Å². The number of hydrogen-bond donors (Lipinski definition) is 4. The maximum Gasteiger partial charge on any atom is 0.0355 e. The molecule has 4 heteroatoms.